The van der Waals surface area contributed by atoms with Crippen LogP contribution in [-0.2, 0) is 20.9 Å². The molecule has 8 heteroatoms. The number of rotatable bonds is 7. The van der Waals surface area contributed by atoms with E-state index >= 15 is 0 Å². The number of carboxylic acid groups (broad SMARTS) is 1. The third-order valence-corrected chi connectivity index (χ3v) is 2.27. The Bertz CT molecular complexity index is 443. The highest BCUT2D eigenvalue weighted by Gasteiger charge is 2.20. The molecule has 0 spiro atoms. The first-order chi connectivity index (χ1) is 8.90. The van der Waals surface area contributed by atoms with Gasteiger partial charge in [-0.3, -0.25) is 9.59 Å². The summed E-state index contributed by atoms with van der Waals surface area (Å²) >= 11 is 0. The number of carbonyl (C=O) groups is 2. The van der Waals surface area contributed by atoms with Crippen molar-refractivity contribution >= 4 is 11.9 Å². The van der Waals surface area contributed by atoms with Crippen molar-refractivity contribution in [3.8, 4) is 0 Å². The number of hydrogen-bond donors (Lipinski definition) is 1. The van der Waals surface area contributed by atoms with E-state index in [1.807, 2.05) is 0 Å². The van der Waals surface area contributed by atoms with Crippen LogP contribution >= 0.6 is 0 Å². The molecule has 1 heterocycles. The highest BCUT2D eigenvalue weighted by Crippen LogP contribution is 2.02. The molecule has 0 aliphatic carbocycles. The van der Waals surface area contributed by atoms with Gasteiger partial charge >= 0.3 is 5.97 Å². The molecule has 0 saturated carbocycles. The van der Waals surface area contributed by atoms with Gasteiger partial charge in [-0.25, -0.2) is 0 Å². The first kappa shape index (κ1) is 15.1. The van der Waals surface area contributed by atoms with Gasteiger partial charge in [0.1, 0.15) is 19.8 Å². The van der Waals surface area contributed by atoms with Crippen molar-refractivity contribution < 1.29 is 24.0 Å². The fourth-order valence-electron chi connectivity index (χ4n) is 1.41. The monoisotopic (exact) mass is 271 g/mol. The van der Waals surface area contributed by atoms with Gasteiger partial charge in [0.2, 0.25) is 5.91 Å². The number of carboxylic acids is 1. The molecule has 8 nitrogen and oxygen atoms in total. The van der Waals surface area contributed by atoms with Crippen molar-refractivity contribution in [3.63, 3.8) is 0 Å². The van der Waals surface area contributed by atoms with Crippen LogP contribution in [0.5, 0.6) is 0 Å². The van der Waals surface area contributed by atoms with E-state index in [9.17, 15) is 9.59 Å². The van der Waals surface area contributed by atoms with Crippen molar-refractivity contribution in [3.05, 3.63) is 11.7 Å². The van der Waals surface area contributed by atoms with Gasteiger partial charge in [-0.2, -0.15) is 4.98 Å². The molecule has 0 radical (unpaired) electrons. The predicted octanol–water partition coefficient (Wildman–Crippen LogP) is 0.216. The molecule has 0 aliphatic rings. The molecule has 0 aromatic carbocycles. The van der Waals surface area contributed by atoms with E-state index in [-0.39, 0.29) is 31.7 Å². The Labute approximate surface area is 110 Å². The van der Waals surface area contributed by atoms with Crippen LogP contribution in [0.4, 0.5) is 0 Å². The third-order valence-electron chi connectivity index (χ3n) is 2.27. The maximum absolute atomic E-state index is 11.8. The summed E-state index contributed by atoms with van der Waals surface area (Å²) < 4.78 is 9.94. The summed E-state index contributed by atoms with van der Waals surface area (Å²) in [6, 6.07) is -0.210. The number of aliphatic carboxylic acids is 1. The van der Waals surface area contributed by atoms with Crippen LogP contribution in [-0.4, -0.2) is 51.2 Å². The van der Waals surface area contributed by atoms with Crippen LogP contribution in [0.1, 0.15) is 25.6 Å². The SMILES string of the molecule is Cc1noc(COCC(=O)N(CC(=O)O)C(C)C)n1. The van der Waals surface area contributed by atoms with Crippen LogP contribution in [0.15, 0.2) is 4.52 Å². The van der Waals surface area contributed by atoms with Gasteiger partial charge in [-0.15, -0.1) is 0 Å². The number of amides is 1. The summed E-state index contributed by atoms with van der Waals surface area (Å²) in [4.78, 5) is 27.6. The lowest BCUT2D eigenvalue weighted by atomic mass is 10.3. The average Bonchev–Trinajstić information content (AvgIpc) is 2.71. The second-order valence-corrected chi connectivity index (χ2v) is 4.24. The standard InChI is InChI=1S/C11H17N3O5/c1-7(2)14(4-11(16)17)10(15)6-18-5-9-12-8(3)13-19-9/h7H,4-6H2,1-3H3,(H,16,17). The van der Waals surface area contributed by atoms with Gasteiger partial charge in [-0.05, 0) is 20.8 Å². The lowest BCUT2D eigenvalue weighted by Crippen LogP contribution is -2.42. The molecule has 0 saturated heterocycles. The summed E-state index contributed by atoms with van der Waals surface area (Å²) in [5.41, 5.74) is 0. The molecule has 1 amide bonds. The minimum atomic E-state index is -1.06. The lowest BCUT2D eigenvalue weighted by Gasteiger charge is -2.24. The molecule has 19 heavy (non-hydrogen) atoms. The van der Waals surface area contributed by atoms with Gasteiger partial charge in [0, 0.05) is 6.04 Å². The van der Waals surface area contributed by atoms with Crippen LogP contribution < -0.4 is 0 Å². The molecule has 1 N–H and O–H groups in total. The molecule has 0 unspecified atom stereocenters. The Morgan fingerprint density at radius 1 is 1.47 bits per heavy atom. The maximum Gasteiger partial charge on any atom is 0.323 e. The largest absolute Gasteiger partial charge is 0.480 e. The maximum atomic E-state index is 11.8. The zero-order valence-corrected chi connectivity index (χ0v) is 11.1. The zero-order valence-electron chi connectivity index (χ0n) is 11.1. The molecular weight excluding hydrogens is 254 g/mol. The molecule has 0 fully saturated rings. The molecule has 0 bridgehead atoms. The molecule has 106 valence electrons. The fraction of sp³-hybridized carbons (Fsp3) is 0.636. The Morgan fingerprint density at radius 2 is 2.16 bits per heavy atom. The predicted molar refractivity (Wildman–Crippen MR) is 63.2 cm³/mol. The summed E-state index contributed by atoms with van der Waals surface area (Å²) in [6.07, 6.45) is 0. The van der Waals surface area contributed by atoms with Crippen molar-refractivity contribution in [2.45, 2.75) is 33.4 Å². The minimum absolute atomic E-state index is 0.0194. The van der Waals surface area contributed by atoms with Crippen LogP contribution in [0.2, 0.25) is 0 Å². The first-order valence-electron chi connectivity index (χ1n) is 5.78. The minimum Gasteiger partial charge on any atom is -0.480 e. The summed E-state index contributed by atoms with van der Waals surface area (Å²) in [5, 5.41) is 12.3. The van der Waals surface area contributed by atoms with E-state index in [2.05, 4.69) is 10.1 Å². The van der Waals surface area contributed by atoms with Crippen molar-refractivity contribution in [1.29, 1.82) is 0 Å². The third kappa shape index (κ3) is 5.04. The molecule has 1 rings (SSSR count). The highest BCUT2D eigenvalue weighted by molar-refractivity contribution is 5.82. The number of aryl methyl sites for hydroxylation is 1. The van der Waals surface area contributed by atoms with E-state index < -0.39 is 11.9 Å². The number of carbonyl (C=O) groups excluding carboxylic acids is 1. The first-order valence-corrected chi connectivity index (χ1v) is 5.78. The molecule has 0 aliphatic heterocycles. The Kier molecular flexibility index (Phi) is 5.43. The van der Waals surface area contributed by atoms with E-state index in [0.29, 0.717) is 5.82 Å². The Morgan fingerprint density at radius 3 is 2.63 bits per heavy atom. The van der Waals surface area contributed by atoms with Crippen LogP contribution in [0, 0.1) is 6.92 Å². The van der Waals surface area contributed by atoms with Crippen LogP contribution in [0.25, 0.3) is 0 Å². The van der Waals surface area contributed by atoms with E-state index in [4.69, 9.17) is 14.4 Å². The van der Waals surface area contributed by atoms with Crippen LogP contribution in [0.3, 0.4) is 0 Å². The number of ether oxygens (including phenoxy) is 1. The number of aromatic nitrogens is 2. The topological polar surface area (TPSA) is 106 Å². The molecule has 1 aromatic rings. The van der Waals surface area contributed by atoms with Gasteiger partial charge < -0.3 is 19.3 Å². The van der Waals surface area contributed by atoms with Gasteiger partial charge in [0.25, 0.3) is 5.89 Å². The summed E-state index contributed by atoms with van der Waals surface area (Å²) in [6.45, 7) is 4.59. The van der Waals surface area contributed by atoms with E-state index in [1.165, 1.54) is 4.90 Å². The van der Waals surface area contributed by atoms with Gasteiger partial charge in [0.15, 0.2) is 5.82 Å². The van der Waals surface area contributed by atoms with Crippen molar-refractivity contribution in [2.24, 2.45) is 0 Å². The molecular formula is C11H17N3O5. The zero-order chi connectivity index (χ0) is 14.4. The Hall–Kier alpha value is -1.96. The Balaban J connectivity index is 2.42. The summed E-state index contributed by atoms with van der Waals surface area (Å²) in [7, 11) is 0. The van der Waals surface area contributed by atoms with Gasteiger partial charge in [0.05, 0.1) is 0 Å². The second-order valence-electron chi connectivity index (χ2n) is 4.24. The second kappa shape index (κ2) is 6.83. The lowest BCUT2D eigenvalue weighted by molar-refractivity contribution is -0.148. The van der Waals surface area contributed by atoms with E-state index in [1.54, 1.807) is 20.8 Å². The molecule has 1 aromatic heterocycles. The van der Waals surface area contributed by atoms with Crippen molar-refractivity contribution in [1.82, 2.24) is 15.0 Å². The average molecular weight is 271 g/mol. The smallest absolute Gasteiger partial charge is 0.323 e. The fourth-order valence-corrected chi connectivity index (χ4v) is 1.41. The van der Waals surface area contributed by atoms with Gasteiger partial charge in [-0.1, -0.05) is 5.16 Å². The van der Waals surface area contributed by atoms with Crippen molar-refractivity contribution in [2.75, 3.05) is 13.2 Å². The number of hydrogen-bond acceptors (Lipinski definition) is 6. The number of nitrogens with zero attached hydrogens (tertiary/aromatic N) is 3. The summed E-state index contributed by atoms with van der Waals surface area (Å²) in [5.74, 6) is -0.692. The van der Waals surface area contributed by atoms with E-state index in [0.717, 1.165) is 0 Å². The quantitative estimate of drug-likeness (QED) is 0.755. The molecule has 0 atom stereocenters. The highest BCUT2D eigenvalue weighted by atomic mass is 16.5. The normalized spacial score (nSPS) is 10.7.